The molecule has 5 heteroatoms. The van der Waals surface area contributed by atoms with Gasteiger partial charge in [0.1, 0.15) is 0 Å². The predicted octanol–water partition coefficient (Wildman–Crippen LogP) is 6.00. The van der Waals surface area contributed by atoms with Crippen molar-refractivity contribution in [2.75, 3.05) is 6.61 Å². The number of rotatable bonds is 6. The molecule has 0 unspecified atom stereocenters. The molecule has 0 spiro atoms. The van der Waals surface area contributed by atoms with Crippen LogP contribution in [0, 0.1) is 3.57 Å². The zero-order valence-corrected chi connectivity index (χ0v) is 20.6. The Morgan fingerprint density at radius 2 is 1.84 bits per heavy atom. The van der Waals surface area contributed by atoms with Crippen molar-refractivity contribution in [3.05, 3.63) is 91.8 Å². The van der Waals surface area contributed by atoms with Crippen LogP contribution in [-0.2, 0) is 14.3 Å². The summed E-state index contributed by atoms with van der Waals surface area (Å²) < 4.78 is 6.68. The van der Waals surface area contributed by atoms with Crippen LogP contribution in [0.3, 0.4) is 0 Å². The number of carbonyl (C=O) groups excluding carboxylic acids is 2. The van der Waals surface area contributed by atoms with Crippen molar-refractivity contribution in [3.8, 4) is 0 Å². The van der Waals surface area contributed by atoms with E-state index in [4.69, 9.17) is 4.74 Å². The molecule has 0 saturated carbocycles. The molecule has 0 fully saturated rings. The van der Waals surface area contributed by atoms with Crippen molar-refractivity contribution >= 4 is 34.3 Å². The maximum absolute atomic E-state index is 13.5. The molecule has 2 atom stereocenters. The normalized spacial score (nSPS) is 20.7. The van der Waals surface area contributed by atoms with E-state index in [2.05, 4.69) is 53.0 Å². The van der Waals surface area contributed by atoms with E-state index >= 15 is 0 Å². The lowest BCUT2D eigenvalue weighted by Crippen LogP contribution is -2.36. The number of allylic oxidation sites excluding steroid dienone is 3. The molecule has 1 N–H and O–H groups in total. The first-order chi connectivity index (χ1) is 15.5. The second kappa shape index (κ2) is 10.0. The van der Waals surface area contributed by atoms with E-state index in [1.54, 1.807) is 0 Å². The van der Waals surface area contributed by atoms with Crippen molar-refractivity contribution in [2.45, 2.75) is 51.4 Å². The van der Waals surface area contributed by atoms with Gasteiger partial charge in [0.2, 0.25) is 0 Å². The first kappa shape index (κ1) is 22.8. The number of carbonyl (C=O) groups is 2. The molecule has 0 radical (unpaired) electrons. The fourth-order valence-corrected chi connectivity index (χ4v) is 5.24. The van der Waals surface area contributed by atoms with Crippen LogP contribution in [0.1, 0.15) is 62.5 Å². The van der Waals surface area contributed by atoms with Crippen molar-refractivity contribution < 1.29 is 14.3 Å². The number of unbranched alkanes of at least 4 members (excludes halogenated alkanes) is 1. The quantitative estimate of drug-likeness (QED) is 0.277. The third-order valence-corrected chi connectivity index (χ3v) is 6.90. The monoisotopic (exact) mass is 541 g/mol. The maximum Gasteiger partial charge on any atom is 0.336 e. The lowest BCUT2D eigenvalue weighted by atomic mass is 9.72. The molecule has 2 aromatic rings. The summed E-state index contributed by atoms with van der Waals surface area (Å²) in [5, 5.41) is 3.42. The van der Waals surface area contributed by atoms with Crippen LogP contribution < -0.4 is 5.32 Å². The van der Waals surface area contributed by atoms with Crippen LogP contribution in [0.15, 0.2) is 77.1 Å². The Labute approximate surface area is 203 Å². The van der Waals surface area contributed by atoms with Crippen LogP contribution >= 0.6 is 22.6 Å². The number of halogens is 1. The summed E-state index contributed by atoms with van der Waals surface area (Å²) >= 11 is 2.27. The van der Waals surface area contributed by atoms with Gasteiger partial charge >= 0.3 is 5.97 Å². The minimum Gasteiger partial charge on any atom is -0.462 e. The zero-order valence-electron chi connectivity index (χ0n) is 18.5. The Morgan fingerprint density at radius 3 is 2.56 bits per heavy atom. The summed E-state index contributed by atoms with van der Waals surface area (Å²) in [6.45, 7) is 4.37. The number of Topliss-reactive ketones (excluding diaryl/α,β-unsaturated/α-hetero) is 1. The largest absolute Gasteiger partial charge is 0.462 e. The fraction of sp³-hybridized carbons (Fsp3) is 0.333. The molecule has 4 rings (SSSR count). The van der Waals surface area contributed by atoms with Crippen molar-refractivity contribution in [3.63, 3.8) is 0 Å². The maximum atomic E-state index is 13.5. The molecule has 4 nitrogen and oxygen atoms in total. The van der Waals surface area contributed by atoms with Gasteiger partial charge in [0.15, 0.2) is 5.78 Å². The smallest absolute Gasteiger partial charge is 0.336 e. The molecule has 2 aromatic carbocycles. The molecule has 2 aliphatic rings. The Hall–Kier alpha value is -2.41. The highest BCUT2D eigenvalue weighted by atomic mass is 127. The Kier molecular flexibility index (Phi) is 7.13. The lowest BCUT2D eigenvalue weighted by Gasteiger charge is -2.36. The summed E-state index contributed by atoms with van der Waals surface area (Å²) in [7, 11) is 0. The SMILES string of the molecule is CCCCOC(=O)C1=C(C)NC2=C(C(=O)C[C@H](c3ccccc3)C2)[C@@H]1c1cccc(I)c1. The van der Waals surface area contributed by atoms with Gasteiger partial charge in [-0.1, -0.05) is 55.8 Å². The summed E-state index contributed by atoms with van der Waals surface area (Å²) in [5.41, 5.74) is 5.10. The van der Waals surface area contributed by atoms with E-state index in [0.717, 1.165) is 39.8 Å². The number of hydrogen-bond donors (Lipinski definition) is 1. The molecule has 1 aliphatic heterocycles. The molecular formula is C27H28INO3. The first-order valence-electron chi connectivity index (χ1n) is 11.2. The highest BCUT2D eigenvalue weighted by molar-refractivity contribution is 14.1. The molecule has 32 heavy (non-hydrogen) atoms. The molecule has 166 valence electrons. The number of esters is 1. The summed E-state index contributed by atoms with van der Waals surface area (Å²) in [4.78, 5) is 26.7. The third kappa shape index (κ3) is 4.68. The van der Waals surface area contributed by atoms with E-state index in [1.807, 2.05) is 43.3 Å². The van der Waals surface area contributed by atoms with Crippen LogP contribution in [-0.4, -0.2) is 18.4 Å². The highest BCUT2D eigenvalue weighted by Crippen LogP contribution is 2.45. The number of ketones is 1. The zero-order chi connectivity index (χ0) is 22.7. The van der Waals surface area contributed by atoms with Gasteiger partial charge in [-0.2, -0.15) is 0 Å². The number of dihydropyridines is 1. The van der Waals surface area contributed by atoms with Crippen LogP contribution in [0.25, 0.3) is 0 Å². The number of nitrogens with one attached hydrogen (secondary N) is 1. The van der Waals surface area contributed by atoms with Gasteiger partial charge in [-0.15, -0.1) is 0 Å². The number of hydrogen-bond acceptors (Lipinski definition) is 4. The molecule has 0 amide bonds. The van der Waals surface area contributed by atoms with Crippen molar-refractivity contribution in [1.82, 2.24) is 5.32 Å². The molecule has 0 aromatic heterocycles. The molecular weight excluding hydrogens is 513 g/mol. The minimum absolute atomic E-state index is 0.0998. The van der Waals surface area contributed by atoms with E-state index in [9.17, 15) is 9.59 Å². The van der Waals surface area contributed by atoms with Gasteiger partial charge in [-0.3, -0.25) is 4.79 Å². The van der Waals surface area contributed by atoms with Gasteiger partial charge in [0.25, 0.3) is 0 Å². The van der Waals surface area contributed by atoms with Gasteiger partial charge in [0.05, 0.1) is 12.2 Å². The van der Waals surface area contributed by atoms with Crippen LogP contribution in [0.5, 0.6) is 0 Å². The third-order valence-electron chi connectivity index (χ3n) is 6.23. The van der Waals surface area contributed by atoms with Gasteiger partial charge in [-0.25, -0.2) is 4.79 Å². The first-order valence-corrected chi connectivity index (χ1v) is 12.3. The number of benzene rings is 2. The number of ether oxygens (including phenoxy) is 1. The topological polar surface area (TPSA) is 55.4 Å². The second-order valence-electron chi connectivity index (χ2n) is 8.47. The summed E-state index contributed by atoms with van der Waals surface area (Å²) in [5.74, 6) is -0.503. The van der Waals surface area contributed by atoms with Gasteiger partial charge < -0.3 is 10.1 Å². The molecule has 1 heterocycles. The highest BCUT2D eigenvalue weighted by Gasteiger charge is 2.41. The standard InChI is InChI=1S/C27H28INO3/c1-3-4-13-32-27(31)24-17(2)29-22-15-20(18-9-6-5-7-10-18)16-23(30)26(22)25(24)19-11-8-12-21(28)14-19/h5-12,14,20,25,29H,3-4,13,15-16H2,1-2H3/t20-,25-/m1/s1. The van der Waals surface area contributed by atoms with Gasteiger partial charge in [-0.05, 0) is 71.5 Å². The second-order valence-corrected chi connectivity index (χ2v) is 9.72. The minimum atomic E-state index is -0.403. The fourth-order valence-electron chi connectivity index (χ4n) is 4.68. The van der Waals surface area contributed by atoms with E-state index < -0.39 is 5.92 Å². The van der Waals surface area contributed by atoms with E-state index in [0.29, 0.717) is 24.2 Å². The van der Waals surface area contributed by atoms with Crippen LogP contribution in [0.4, 0.5) is 0 Å². The van der Waals surface area contributed by atoms with Crippen LogP contribution in [0.2, 0.25) is 0 Å². The average Bonchev–Trinajstić information content (AvgIpc) is 2.78. The Bertz CT molecular complexity index is 1090. The predicted molar refractivity (Wildman–Crippen MR) is 134 cm³/mol. The lowest BCUT2D eigenvalue weighted by molar-refractivity contribution is -0.139. The average molecular weight is 541 g/mol. The van der Waals surface area contributed by atoms with E-state index in [1.165, 1.54) is 5.56 Å². The molecule has 0 bridgehead atoms. The summed E-state index contributed by atoms with van der Waals surface area (Å²) in [6, 6.07) is 18.3. The van der Waals surface area contributed by atoms with E-state index in [-0.39, 0.29) is 17.7 Å². The Morgan fingerprint density at radius 1 is 1.09 bits per heavy atom. The Balaban J connectivity index is 1.75. The van der Waals surface area contributed by atoms with Crippen molar-refractivity contribution in [1.29, 1.82) is 0 Å². The molecule has 1 aliphatic carbocycles. The van der Waals surface area contributed by atoms with Gasteiger partial charge in [0, 0.05) is 32.9 Å². The van der Waals surface area contributed by atoms with Crippen molar-refractivity contribution in [2.24, 2.45) is 0 Å². The summed E-state index contributed by atoms with van der Waals surface area (Å²) in [6.07, 6.45) is 2.98. The molecule has 0 saturated heterocycles.